The first-order chi connectivity index (χ1) is 7.60. The zero-order valence-corrected chi connectivity index (χ0v) is 9.29. The van der Waals surface area contributed by atoms with Crippen molar-refractivity contribution in [1.82, 2.24) is 5.32 Å². The second-order valence-electron chi connectivity index (χ2n) is 4.23. The van der Waals surface area contributed by atoms with Crippen molar-refractivity contribution < 1.29 is 14.7 Å². The lowest BCUT2D eigenvalue weighted by Gasteiger charge is -2.28. The number of rotatable bonds is 3. The Morgan fingerprint density at radius 3 is 2.25 bits per heavy atom. The summed E-state index contributed by atoms with van der Waals surface area (Å²) in [5.74, 6) is 0.910. The van der Waals surface area contributed by atoms with E-state index in [1.807, 2.05) is 0 Å². The van der Waals surface area contributed by atoms with Gasteiger partial charge in [0.25, 0.3) is 0 Å². The van der Waals surface area contributed by atoms with Gasteiger partial charge < -0.3 is 10.4 Å². The molecule has 0 heterocycles. The highest BCUT2D eigenvalue weighted by Gasteiger charge is 2.39. The summed E-state index contributed by atoms with van der Waals surface area (Å²) in [5, 5.41) is 11.9. The van der Waals surface area contributed by atoms with Gasteiger partial charge in [0.15, 0.2) is 0 Å². The first-order valence-electron chi connectivity index (χ1n) is 5.58. The topological polar surface area (TPSA) is 66.4 Å². The van der Waals surface area contributed by atoms with E-state index < -0.39 is 11.5 Å². The smallest absolute Gasteiger partial charge is 0.329 e. The van der Waals surface area contributed by atoms with E-state index in [4.69, 9.17) is 6.42 Å². The summed E-state index contributed by atoms with van der Waals surface area (Å²) < 4.78 is 0. The molecule has 0 aromatic rings. The Balaban J connectivity index is 2.75. The summed E-state index contributed by atoms with van der Waals surface area (Å²) in [6, 6.07) is 0. The molecule has 0 radical (unpaired) electrons. The minimum absolute atomic E-state index is 0.0605. The van der Waals surface area contributed by atoms with Crippen LogP contribution in [0.2, 0.25) is 0 Å². The van der Waals surface area contributed by atoms with Crippen LogP contribution in [0.15, 0.2) is 0 Å². The quantitative estimate of drug-likeness (QED) is 0.560. The fourth-order valence-electron chi connectivity index (χ4n) is 2.13. The summed E-state index contributed by atoms with van der Waals surface area (Å²) in [7, 11) is 0. The molecule has 0 spiro atoms. The maximum atomic E-state index is 11.4. The lowest BCUT2D eigenvalue weighted by Crippen LogP contribution is -2.54. The number of carboxylic acids is 1. The molecular formula is C12H17NO3. The molecule has 1 fully saturated rings. The van der Waals surface area contributed by atoms with Crippen molar-refractivity contribution in [3.63, 3.8) is 0 Å². The molecule has 1 aliphatic carbocycles. The number of carboxylic acid groups (broad SMARTS) is 1. The Labute approximate surface area is 95.4 Å². The second kappa shape index (κ2) is 5.55. The molecule has 1 aliphatic rings. The summed E-state index contributed by atoms with van der Waals surface area (Å²) >= 11 is 0. The van der Waals surface area contributed by atoms with E-state index >= 15 is 0 Å². The van der Waals surface area contributed by atoms with Crippen LogP contribution in [-0.2, 0) is 9.59 Å². The molecule has 16 heavy (non-hydrogen) atoms. The van der Waals surface area contributed by atoms with Crippen molar-refractivity contribution in [2.24, 2.45) is 0 Å². The van der Waals surface area contributed by atoms with Crippen molar-refractivity contribution in [2.75, 3.05) is 0 Å². The minimum Gasteiger partial charge on any atom is -0.480 e. The van der Waals surface area contributed by atoms with Gasteiger partial charge in [0.1, 0.15) is 5.54 Å². The number of carbonyl (C=O) groups is 2. The Hall–Kier alpha value is -1.50. The number of aliphatic carboxylic acids is 1. The Kier molecular flexibility index (Phi) is 4.36. The predicted molar refractivity (Wildman–Crippen MR) is 59.7 cm³/mol. The van der Waals surface area contributed by atoms with E-state index in [2.05, 4.69) is 11.2 Å². The van der Waals surface area contributed by atoms with Gasteiger partial charge in [0.05, 0.1) is 6.42 Å². The van der Waals surface area contributed by atoms with Gasteiger partial charge >= 0.3 is 5.97 Å². The molecule has 0 bridgehead atoms. The van der Waals surface area contributed by atoms with Gasteiger partial charge in [0, 0.05) is 0 Å². The first-order valence-corrected chi connectivity index (χ1v) is 5.58. The van der Waals surface area contributed by atoms with Crippen LogP contribution in [-0.4, -0.2) is 22.5 Å². The third-order valence-electron chi connectivity index (χ3n) is 3.01. The summed E-state index contributed by atoms with van der Waals surface area (Å²) in [6.07, 6.45) is 9.69. The molecule has 0 saturated heterocycles. The van der Waals surface area contributed by atoms with E-state index in [-0.39, 0.29) is 12.3 Å². The summed E-state index contributed by atoms with van der Waals surface area (Å²) in [5.41, 5.74) is -1.09. The predicted octanol–water partition coefficient (Wildman–Crippen LogP) is 1.30. The van der Waals surface area contributed by atoms with E-state index in [9.17, 15) is 14.7 Å². The van der Waals surface area contributed by atoms with Crippen LogP contribution in [0.25, 0.3) is 0 Å². The molecular weight excluding hydrogens is 206 g/mol. The molecule has 0 aliphatic heterocycles. The Bertz CT molecular complexity index is 309. The monoisotopic (exact) mass is 223 g/mol. The Morgan fingerprint density at radius 1 is 1.25 bits per heavy atom. The molecule has 0 aromatic heterocycles. The molecule has 4 nitrogen and oxygen atoms in total. The van der Waals surface area contributed by atoms with E-state index in [0.717, 1.165) is 25.7 Å². The number of carbonyl (C=O) groups excluding carboxylic acids is 1. The van der Waals surface area contributed by atoms with Crippen molar-refractivity contribution in [1.29, 1.82) is 0 Å². The van der Waals surface area contributed by atoms with Gasteiger partial charge in [-0.15, -0.1) is 6.42 Å². The molecule has 1 amide bonds. The normalized spacial score (nSPS) is 19.2. The maximum Gasteiger partial charge on any atom is 0.329 e. The highest BCUT2D eigenvalue weighted by molar-refractivity contribution is 5.87. The van der Waals surface area contributed by atoms with E-state index in [0.29, 0.717) is 12.8 Å². The SMILES string of the molecule is C#CCC(=O)NC1(C(=O)O)CCCCCC1. The summed E-state index contributed by atoms with van der Waals surface area (Å²) in [4.78, 5) is 22.7. The van der Waals surface area contributed by atoms with Gasteiger partial charge in [-0.1, -0.05) is 31.6 Å². The number of amides is 1. The van der Waals surface area contributed by atoms with Gasteiger partial charge in [-0.05, 0) is 12.8 Å². The third kappa shape index (κ3) is 2.99. The van der Waals surface area contributed by atoms with Crippen molar-refractivity contribution in [2.45, 2.75) is 50.5 Å². The largest absolute Gasteiger partial charge is 0.480 e. The van der Waals surface area contributed by atoms with Crippen LogP contribution in [0.4, 0.5) is 0 Å². The molecule has 0 aromatic carbocycles. The van der Waals surface area contributed by atoms with Crippen molar-refractivity contribution in [3.8, 4) is 12.3 Å². The van der Waals surface area contributed by atoms with Crippen molar-refractivity contribution >= 4 is 11.9 Å². The zero-order chi connectivity index (χ0) is 12.0. The molecule has 0 atom stereocenters. The standard InChI is InChI=1S/C12H17NO3/c1-2-7-10(14)13-12(11(15)16)8-5-3-4-6-9-12/h1H,3-9H2,(H,13,14)(H,15,16). The fourth-order valence-corrected chi connectivity index (χ4v) is 2.13. The van der Waals surface area contributed by atoms with Crippen LogP contribution in [0.1, 0.15) is 44.9 Å². The van der Waals surface area contributed by atoms with Gasteiger partial charge in [-0.25, -0.2) is 4.79 Å². The average Bonchev–Trinajstić information content (AvgIpc) is 2.44. The maximum absolute atomic E-state index is 11.4. The molecule has 88 valence electrons. The molecule has 1 saturated carbocycles. The molecule has 1 rings (SSSR count). The minimum atomic E-state index is -1.09. The average molecular weight is 223 g/mol. The lowest BCUT2D eigenvalue weighted by atomic mass is 9.90. The number of terminal acetylenes is 1. The summed E-state index contributed by atoms with van der Waals surface area (Å²) in [6.45, 7) is 0. The van der Waals surface area contributed by atoms with E-state index in [1.54, 1.807) is 0 Å². The zero-order valence-electron chi connectivity index (χ0n) is 9.29. The third-order valence-corrected chi connectivity index (χ3v) is 3.01. The second-order valence-corrected chi connectivity index (χ2v) is 4.23. The van der Waals surface area contributed by atoms with Crippen LogP contribution in [0.3, 0.4) is 0 Å². The van der Waals surface area contributed by atoms with Crippen LogP contribution < -0.4 is 5.32 Å². The number of hydrogen-bond donors (Lipinski definition) is 2. The Morgan fingerprint density at radius 2 is 1.81 bits per heavy atom. The van der Waals surface area contributed by atoms with Gasteiger partial charge in [-0.2, -0.15) is 0 Å². The molecule has 2 N–H and O–H groups in total. The highest BCUT2D eigenvalue weighted by atomic mass is 16.4. The molecule has 0 unspecified atom stereocenters. The lowest BCUT2D eigenvalue weighted by molar-refractivity contribution is -0.148. The highest BCUT2D eigenvalue weighted by Crippen LogP contribution is 2.27. The van der Waals surface area contributed by atoms with Crippen LogP contribution in [0.5, 0.6) is 0 Å². The van der Waals surface area contributed by atoms with Crippen LogP contribution in [0, 0.1) is 12.3 Å². The van der Waals surface area contributed by atoms with Crippen LogP contribution >= 0.6 is 0 Å². The molecule has 4 heteroatoms. The van der Waals surface area contributed by atoms with Gasteiger partial charge in [0.2, 0.25) is 5.91 Å². The van der Waals surface area contributed by atoms with E-state index in [1.165, 1.54) is 0 Å². The fraction of sp³-hybridized carbons (Fsp3) is 0.667. The first kappa shape index (κ1) is 12.6. The number of hydrogen-bond acceptors (Lipinski definition) is 2. The van der Waals surface area contributed by atoms with Gasteiger partial charge in [-0.3, -0.25) is 4.79 Å². The van der Waals surface area contributed by atoms with Crippen molar-refractivity contribution in [3.05, 3.63) is 0 Å². The number of nitrogens with one attached hydrogen (secondary N) is 1.